The summed E-state index contributed by atoms with van der Waals surface area (Å²) < 4.78 is 5.22. The van der Waals surface area contributed by atoms with Crippen molar-refractivity contribution in [1.29, 1.82) is 0 Å². The van der Waals surface area contributed by atoms with Crippen molar-refractivity contribution in [3.8, 4) is 5.75 Å². The van der Waals surface area contributed by atoms with E-state index in [4.69, 9.17) is 17.0 Å². The number of hydrogen-bond acceptors (Lipinski definition) is 6. The van der Waals surface area contributed by atoms with Crippen LogP contribution in [0.15, 0.2) is 24.3 Å². The number of rotatable bonds is 3. The molecule has 2 aliphatic heterocycles. The Hall–Kier alpha value is -2.52. The van der Waals surface area contributed by atoms with Gasteiger partial charge in [-0.15, -0.1) is 0 Å². The molecule has 2 aliphatic rings. The number of para-hydroxylation sites is 2. The zero-order valence-corrected chi connectivity index (χ0v) is 14.8. The number of carbonyl (C=O) groups excluding carboxylic acids is 3. The van der Waals surface area contributed by atoms with Gasteiger partial charge < -0.3 is 10.1 Å². The third-order valence-corrected chi connectivity index (χ3v) is 4.60. The minimum absolute atomic E-state index is 0.0121. The van der Waals surface area contributed by atoms with E-state index in [1.54, 1.807) is 38.1 Å². The quantitative estimate of drug-likeness (QED) is 0.767. The molecule has 2 fully saturated rings. The molecule has 0 saturated carbocycles. The van der Waals surface area contributed by atoms with Gasteiger partial charge in [0.15, 0.2) is 5.11 Å². The number of anilines is 1. The summed E-state index contributed by atoms with van der Waals surface area (Å²) in [6.07, 6.45) is -0.0699. The van der Waals surface area contributed by atoms with Crippen LogP contribution in [0.2, 0.25) is 0 Å². The van der Waals surface area contributed by atoms with Gasteiger partial charge in [-0.25, -0.2) is 5.01 Å². The first kappa shape index (κ1) is 17.3. The van der Waals surface area contributed by atoms with Crippen LogP contribution in [0.25, 0.3) is 0 Å². The summed E-state index contributed by atoms with van der Waals surface area (Å²) in [4.78, 5) is 37.4. The molecule has 132 valence electrons. The fourth-order valence-electron chi connectivity index (χ4n) is 3.02. The molecule has 1 aromatic rings. The van der Waals surface area contributed by atoms with E-state index in [0.29, 0.717) is 11.4 Å². The average molecular weight is 362 g/mol. The maximum absolute atomic E-state index is 12.8. The van der Waals surface area contributed by atoms with Gasteiger partial charge in [-0.1, -0.05) is 12.1 Å². The highest BCUT2D eigenvalue weighted by atomic mass is 32.1. The number of ether oxygens (including phenoxy) is 1. The molecule has 0 aromatic heterocycles. The lowest BCUT2D eigenvalue weighted by Gasteiger charge is -2.45. The van der Waals surface area contributed by atoms with Crippen LogP contribution < -0.4 is 15.4 Å². The Morgan fingerprint density at radius 3 is 2.72 bits per heavy atom. The van der Waals surface area contributed by atoms with Crippen LogP contribution in [0.1, 0.15) is 20.3 Å². The van der Waals surface area contributed by atoms with Gasteiger partial charge in [0.05, 0.1) is 19.2 Å². The number of nitrogens with one attached hydrogen (secondary N) is 2. The monoisotopic (exact) mass is 362 g/mol. The Balaban J connectivity index is 1.91. The molecule has 1 unspecified atom stereocenters. The fraction of sp³-hybridized carbons (Fsp3) is 0.375. The summed E-state index contributed by atoms with van der Waals surface area (Å²) in [5.41, 5.74) is -0.611. The summed E-state index contributed by atoms with van der Waals surface area (Å²) in [6, 6.07) is 6.11. The summed E-state index contributed by atoms with van der Waals surface area (Å²) in [5.74, 6) is -0.606. The Bertz CT molecular complexity index is 779. The molecule has 0 aliphatic carbocycles. The molecule has 0 bridgehead atoms. The van der Waals surface area contributed by atoms with Gasteiger partial charge >= 0.3 is 0 Å². The molecule has 2 N–H and O–H groups in total. The Kier molecular flexibility index (Phi) is 4.21. The lowest BCUT2D eigenvalue weighted by molar-refractivity contribution is -0.154. The van der Waals surface area contributed by atoms with Gasteiger partial charge in [0.1, 0.15) is 17.3 Å². The zero-order chi connectivity index (χ0) is 18.4. The van der Waals surface area contributed by atoms with Gasteiger partial charge in [0.2, 0.25) is 17.7 Å². The minimum Gasteiger partial charge on any atom is -0.495 e. The number of hydrazine groups is 1. The highest BCUT2D eigenvalue weighted by molar-refractivity contribution is 7.80. The number of fused-ring (bicyclic) bond motifs is 1. The summed E-state index contributed by atoms with van der Waals surface area (Å²) in [5, 5.41) is 7.90. The van der Waals surface area contributed by atoms with E-state index in [-0.39, 0.29) is 23.3 Å². The van der Waals surface area contributed by atoms with Crippen molar-refractivity contribution in [3.05, 3.63) is 24.3 Å². The first-order valence-electron chi connectivity index (χ1n) is 7.69. The van der Waals surface area contributed by atoms with Crippen LogP contribution in [0, 0.1) is 0 Å². The van der Waals surface area contributed by atoms with E-state index in [1.807, 2.05) is 0 Å². The van der Waals surface area contributed by atoms with Gasteiger partial charge in [0.25, 0.3) is 0 Å². The van der Waals surface area contributed by atoms with Crippen LogP contribution in [0.3, 0.4) is 0 Å². The summed E-state index contributed by atoms with van der Waals surface area (Å²) >= 11 is 5.09. The molecule has 8 nitrogen and oxygen atoms in total. The number of carbonyl (C=O) groups is 3. The van der Waals surface area contributed by atoms with E-state index in [0.717, 1.165) is 0 Å². The van der Waals surface area contributed by atoms with Crippen molar-refractivity contribution >= 4 is 40.7 Å². The maximum Gasteiger partial charge on any atom is 0.248 e. The third kappa shape index (κ3) is 2.75. The van der Waals surface area contributed by atoms with Crippen molar-refractivity contribution in [2.45, 2.75) is 31.8 Å². The molecule has 25 heavy (non-hydrogen) atoms. The molecule has 0 spiro atoms. The van der Waals surface area contributed by atoms with E-state index in [2.05, 4.69) is 10.6 Å². The number of thiocarbonyl (C=S) groups is 1. The number of methoxy groups -OCH3 is 1. The van der Waals surface area contributed by atoms with Gasteiger partial charge in [-0.2, -0.15) is 5.01 Å². The second-order valence-electron chi connectivity index (χ2n) is 6.28. The molecule has 3 amide bonds. The lowest BCUT2D eigenvalue weighted by atomic mass is 10.00. The fourth-order valence-corrected chi connectivity index (χ4v) is 3.31. The topological polar surface area (TPSA) is 91.0 Å². The first-order chi connectivity index (χ1) is 11.8. The van der Waals surface area contributed by atoms with E-state index in [1.165, 1.54) is 17.1 Å². The van der Waals surface area contributed by atoms with E-state index < -0.39 is 17.5 Å². The molecule has 1 aromatic carbocycles. The Morgan fingerprint density at radius 1 is 1.36 bits per heavy atom. The van der Waals surface area contributed by atoms with Gasteiger partial charge in [0, 0.05) is 0 Å². The Morgan fingerprint density at radius 2 is 2.04 bits per heavy atom. The van der Waals surface area contributed by atoms with Crippen LogP contribution >= 0.6 is 12.2 Å². The van der Waals surface area contributed by atoms with Crippen LogP contribution in [-0.4, -0.2) is 51.5 Å². The van der Waals surface area contributed by atoms with Crippen molar-refractivity contribution < 1.29 is 19.1 Å². The predicted octanol–water partition coefficient (Wildman–Crippen LogP) is 0.645. The van der Waals surface area contributed by atoms with Crippen molar-refractivity contribution in [2.24, 2.45) is 0 Å². The lowest BCUT2D eigenvalue weighted by Crippen LogP contribution is -2.71. The maximum atomic E-state index is 12.8. The highest BCUT2D eigenvalue weighted by Gasteiger charge is 2.56. The second-order valence-corrected chi connectivity index (χ2v) is 6.66. The number of nitrogens with zero attached hydrogens (tertiary/aromatic N) is 2. The SMILES string of the molecule is COc1ccccc1NC(=O)C1CC(=O)N2C(=S)NC(=O)C(C)(C)N12. The molecule has 3 rings (SSSR count). The predicted molar refractivity (Wildman–Crippen MR) is 93.5 cm³/mol. The van der Waals surface area contributed by atoms with Crippen LogP contribution in [-0.2, 0) is 14.4 Å². The largest absolute Gasteiger partial charge is 0.495 e. The molecule has 2 heterocycles. The number of hydrogen-bond donors (Lipinski definition) is 2. The molecular formula is C16H18N4O4S. The molecule has 2 saturated heterocycles. The van der Waals surface area contributed by atoms with Crippen molar-refractivity contribution in [1.82, 2.24) is 15.3 Å². The molecular weight excluding hydrogens is 344 g/mol. The van der Waals surface area contributed by atoms with E-state index in [9.17, 15) is 14.4 Å². The van der Waals surface area contributed by atoms with Crippen LogP contribution in [0.4, 0.5) is 5.69 Å². The third-order valence-electron chi connectivity index (χ3n) is 4.32. The van der Waals surface area contributed by atoms with Gasteiger partial charge in [-0.3, -0.25) is 19.7 Å². The average Bonchev–Trinajstić information content (AvgIpc) is 2.92. The molecule has 9 heteroatoms. The van der Waals surface area contributed by atoms with Crippen molar-refractivity contribution in [3.63, 3.8) is 0 Å². The minimum atomic E-state index is -1.10. The summed E-state index contributed by atoms with van der Waals surface area (Å²) in [7, 11) is 1.50. The normalized spacial score (nSPS) is 22.4. The number of benzene rings is 1. The number of amides is 3. The van der Waals surface area contributed by atoms with Gasteiger partial charge in [-0.05, 0) is 38.2 Å². The van der Waals surface area contributed by atoms with Crippen LogP contribution in [0.5, 0.6) is 5.75 Å². The Labute approximate surface area is 150 Å². The summed E-state index contributed by atoms with van der Waals surface area (Å²) in [6.45, 7) is 3.28. The molecule has 0 radical (unpaired) electrons. The second kappa shape index (κ2) is 6.08. The smallest absolute Gasteiger partial charge is 0.248 e. The zero-order valence-electron chi connectivity index (χ0n) is 14.0. The van der Waals surface area contributed by atoms with Crippen molar-refractivity contribution in [2.75, 3.05) is 12.4 Å². The standard InChI is InChI=1S/C16H18N4O4S/c1-16(2)14(23)18-15(25)19-12(21)8-10(20(16)19)13(22)17-9-6-4-5-7-11(9)24-3/h4-7,10H,8H2,1-3H3,(H,17,22)(H,18,23,25). The highest BCUT2D eigenvalue weighted by Crippen LogP contribution is 2.33. The first-order valence-corrected chi connectivity index (χ1v) is 8.09. The molecule has 1 atom stereocenters. The van der Waals surface area contributed by atoms with E-state index >= 15 is 0 Å².